The molecule has 6 heteroatoms. The maximum Gasteiger partial charge on any atom is 0.261 e. The lowest BCUT2D eigenvalue weighted by molar-refractivity contribution is 0.130. The van der Waals surface area contributed by atoms with Crippen molar-refractivity contribution < 1.29 is 9.13 Å². The molecule has 5 nitrogen and oxygen atoms in total. The normalized spacial score (nSPS) is 16.4. The summed E-state index contributed by atoms with van der Waals surface area (Å²) >= 11 is 0. The Morgan fingerprint density at radius 1 is 1.05 bits per heavy atom. The summed E-state index contributed by atoms with van der Waals surface area (Å²) in [4.78, 5) is 21.5. The predicted octanol–water partition coefficient (Wildman–Crippen LogP) is 6.73. The molecule has 0 amide bonds. The first-order valence-corrected chi connectivity index (χ1v) is 13.1. The Labute approximate surface area is 217 Å². The van der Waals surface area contributed by atoms with E-state index in [9.17, 15) is 9.18 Å². The summed E-state index contributed by atoms with van der Waals surface area (Å²) in [5.74, 6) is 1.86. The number of nitrogens with zero attached hydrogens (tertiary/aromatic N) is 3. The third kappa shape index (κ3) is 5.30. The second kappa shape index (κ2) is 10.5. The largest absolute Gasteiger partial charge is 0.457 e. The van der Waals surface area contributed by atoms with Crippen molar-refractivity contribution in [3.63, 3.8) is 0 Å². The van der Waals surface area contributed by atoms with E-state index in [1.165, 1.54) is 12.1 Å². The molecular formula is C31H34FN3O2. The molecule has 0 aliphatic carbocycles. The first kappa shape index (κ1) is 25.2. The minimum absolute atomic E-state index is 0.0637. The summed E-state index contributed by atoms with van der Waals surface area (Å²) < 4.78 is 21.5. The molecule has 1 atom stereocenters. The third-order valence-electron chi connectivity index (χ3n) is 7.40. The van der Waals surface area contributed by atoms with E-state index in [1.54, 1.807) is 19.1 Å². The highest BCUT2D eigenvalue weighted by molar-refractivity contribution is 5.81. The van der Waals surface area contributed by atoms with Crippen LogP contribution in [-0.4, -0.2) is 33.6 Å². The molecule has 0 unspecified atom stereocenters. The van der Waals surface area contributed by atoms with E-state index >= 15 is 0 Å². The molecule has 2 heterocycles. The SMILES string of the molecule is Cc1cc(F)ccc1Oc1ccc2nc(-c3ccccc3C)n(C[C@H]3CCCN(C(C)C)C3)c(=O)c2c1. The number of ether oxygens (including phenoxy) is 1. The maximum atomic E-state index is 14.0. The molecule has 1 saturated heterocycles. The van der Waals surface area contributed by atoms with Crippen molar-refractivity contribution in [3.8, 4) is 22.9 Å². The lowest BCUT2D eigenvalue weighted by Gasteiger charge is -2.36. The average Bonchev–Trinajstić information content (AvgIpc) is 2.88. The second-order valence-corrected chi connectivity index (χ2v) is 10.5. The van der Waals surface area contributed by atoms with E-state index in [2.05, 4.69) is 31.7 Å². The van der Waals surface area contributed by atoms with E-state index in [0.29, 0.717) is 52.3 Å². The lowest BCUT2D eigenvalue weighted by Crippen LogP contribution is -2.42. The van der Waals surface area contributed by atoms with Crippen molar-refractivity contribution >= 4 is 10.9 Å². The second-order valence-electron chi connectivity index (χ2n) is 10.5. The highest BCUT2D eigenvalue weighted by Crippen LogP contribution is 2.30. The van der Waals surface area contributed by atoms with Crippen molar-refractivity contribution in [1.82, 2.24) is 14.5 Å². The van der Waals surface area contributed by atoms with Gasteiger partial charge in [0.15, 0.2) is 0 Å². The van der Waals surface area contributed by atoms with Crippen LogP contribution in [0, 0.1) is 25.6 Å². The van der Waals surface area contributed by atoms with Crippen LogP contribution >= 0.6 is 0 Å². The Morgan fingerprint density at radius 2 is 1.86 bits per heavy atom. The molecule has 1 aromatic heterocycles. The van der Waals surface area contributed by atoms with Gasteiger partial charge >= 0.3 is 0 Å². The Hall–Kier alpha value is -3.51. The van der Waals surface area contributed by atoms with E-state index in [1.807, 2.05) is 34.9 Å². The molecular weight excluding hydrogens is 465 g/mol. The summed E-state index contributed by atoms with van der Waals surface area (Å²) in [6.07, 6.45) is 2.22. The molecule has 1 fully saturated rings. The number of hydrogen-bond acceptors (Lipinski definition) is 4. The topological polar surface area (TPSA) is 47.4 Å². The Kier molecular flexibility index (Phi) is 7.11. The molecule has 0 spiro atoms. The van der Waals surface area contributed by atoms with Crippen LogP contribution in [0.5, 0.6) is 11.5 Å². The van der Waals surface area contributed by atoms with Crippen molar-refractivity contribution in [1.29, 1.82) is 0 Å². The molecule has 5 rings (SSSR count). The monoisotopic (exact) mass is 499 g/mol. The fraction of sp³-hybridized carbons (Fsp3) is 0.355. The smallest absolute Gasteiger partial charge is 0.261 e. The minimum Gasteiger partial charge on any atom is -0.457 e. The number of piperidine rings is 1. The average molecular weight is 500 g/mol. The van der Waals surface area contributed by atoms with Crippen LogP contribution in [0.15, 0.2) is 65.5 Å². The zero-order chi connectivity index (χ0) is 26.1. The molecule has 1 aliphatic heterocycles. The quantitative estimate of drug-likeness (QED) is 0.295. The van der Waals surface area contributed by atoms with Crippen molar-refractivity contribution in [3.05, 3.63) is 88.0 Å². The van der Waals surface area contributed by atoms with Gasteiger partial charge in [-0.05, 0) is 101 Å². The van der Waals surface area contributed by atoms with Crippen LogP contribution in [0.1, 0.15) is 37.8 Å². The van der Waals surface area contributed by atoms with Crippen LogP contribution in [-0.2, 0) is 6.54 Å². The molecule has 0 radical (unpaired) electrons. The van der Waals surface area contributed by atoms with Crippen LogP contribution in [0.2, 0.25) is 0 Å². The van der Waals surface area contributed by atoms with Gasteiger partial charge in [-0.25, -0.2) is 9.37 Å². The number of halogens is 1. The van der Waals surface area contributed by atoms with Gasteiger partial charge in [-0.15, -0.1) is 0 Å². The molecule has 4 aromatic rings. The Balaban J connectivity index is 1.59. The minimum atomic E-state index is -0.307. The van der Waals surface area contributed by atoms with Gasteiger partial charge in [0.2, 0.25) is 0 Å². The van der Waals surface area contributed by atoms with Crippen LogP contribution < -0.4 is 10.3 Å². The maximum absolute atomic E-state index is 14.0. The van der Waals surface area contributed by atoms with Crippen LogP contribution in [0.25, 0.3) is 22.3 Å². The van der Waals surface area contributed by atoms with E-state index in [0.717, 1.165) is 37.1 Å². The summed E-state index contributed by atoms with van der Waals surface area (Å²) in [5, 5.41) is 0.520. The van der Waals surface area contributed by atoms with Gasteiger partial charge in [0.25, 0.3) is 5.56 Å². The van der Waals surface area contributed by atoms with Crippen molar-refractivity contribution in [2.45, 2.75) is 53.1 Å². The lowest BCUT2D eigenvalue weighted by atomic mass is 9.96. The first-order valence-electron chi connectivity index (χ1n) is 13.1. The Bertz CT molecular complexity index is 1490. The summed E-state index contributed by atoms with van der Waals surface area (Å²) in [6.45, 7) is 11.0. The van der Waals surface area contributed by atoms with Gasteiger partial charge < -0.3 is 9.64 Å². The molecule has 0 saturated carbocycles. The number of hydrogen-bond donors (Lipinski definition) is 0. The van der Waals surface area contributed by atoms with Gasteiger partial charge in [0.05, 0.1) is 10.9 Å². The van der Waals surface area contributed by atoms with Crippen molar-refractivity contribution in [2.24, 2.45) is 5.92 Å². The molecule has 37 heavy (non-hydrogen) atoms. The molecule has 0 bridgehead atoms. The number of aromatic nitrogens is 2. The fourth-order valence-electron chi connectivity index (χ4n) is 5.29. The Morgan fingerprint density at radius 3 is 2.62 bits per heavy atom. The number of benzene rings is 3. The van der Waals surface area contributed by atoms with Gasteiger partial charge in [0.1, 0.15) is 23.1 Å². The van der Waals surface area contributed by atoms with E-state index in [4.69, 9.17) is 9.72 Å². The predicted molar refractivity (Wildman–Crippen MR) is 147 cm³/mol. The van der Waals surface area contributed by atoms with Crippen LogP contribution in [0.4, 0.5) is 4.39 Å². The molecule has 1 aliphatic rings. The molecule has 3 aromatic carbocycles. The summed E-state index contributed by atoms with van der Waals surface area (Å²) in [5.41, 5.74) is 3.32. The highest BCUT2D eigenvalue weighted by atomic mass is 19.1. The van der Waals surface area contributed by atoms with E-state index in [-0.39, 0.29) is 11.4 Å². The van der Waals surface area contributed by atoms with Gasteiger partial charge in [-0.1, -0.05) is 24.3 Å². The zero-order valence-corrected chi connectivity index (χ0v) is 22.0. The number of aryl methyl sites for hydroxylation is 2. The zero-order valence-electron chi connectivity index (χ0n) is 22.0. The standard InChI is InChI=1S/C31H34FN3O2/c1-20(2)34-15-7-9-23(18-34)19-35-30(26-10-6-5-8-21(26)3)33-28-13-12-25(17-27(28)31(35)36)37-29-14-11-24(32)16-22(29)4/h5-6,8,10-14,16-17,20,23H,7,9,15,18-19H2,1-4H3/t23-/m0/s1. The third-order valence-corrected chi connectivity index (χ3v) is 7.40. The first-order chi connectivity index (χ1) is 17.8. The number of likely N-dealkylation sites (tertiary alicyclic amines) is 1. The van der Waals surface area contributed by atoms with Crippen molar-refractivity contribution in [2.75, 3.05) is 13.1 Å². The van der Waals surface area contributed by atoms with Crippen LogP contribution in [0.3, 0.4) is 0 Å². The summed E-state index contributed by atoms with van der Waals surface area (Å²) in [7, 11) is 0. The van der Waals surface area contributed by atoms with Gasteiger partial charge in [-0.3, -0.25) is 9.36 Å². The number of fused-ring (bicyclic) bond motifs is 1. The van der Waals surface area contributed by atoms with Gasteiger partial charge in [-0.2, -0.15) is 0 Å². The van der Waals surface area contributed by atoms with E-state index < -0.39 is 0 Å². The molecule has 192 valence electrons. The number of rotatable bonds is 6. The molecule has 0 N–H and O–H groups in total. The fourth-order valence-corrected chi connectivity index (χ4v) is 5.29. The highest BCUT2D eigenvalue weighted by Gasteiger charge is 2.24. The van der Waals surface area contributed by atoms with Gasteiger partial charge in [0, 0.05) is 24.7 Å². The summed E-state index contributed by atoms with van der Waals surface area (Å²) in [6, 6.07) is 18.4.